The third kappa shape index (κ3) is 5.96. The molecule has 9 heteroatoms. The molecule has 2 rings (SSSR count). The van der Waals surface area contributed by atoms with Crippen molar-refractivity contribution in [3.8, 4) is 5.88 Å². The molecule has 0 spiro atoms. The molecule has 0 aliphatic heterocycles. The Morgan fingerprint density at radius 1 is 1.32 bits per heavy atom. The zero-order valence-electron chi connectivity index (χ0n) is 17.4. The molecule has 3 N–H and O–H groups in total. The van der Waals surface area contributed by atoms with Gasteiger partial charge >= 0.3 is 0 Å². The van der Waals surface area contributed by atoms with Gasteiger partial charge in [0.1, 0.15) is 0 Å². The summed E-state index contributed by atoms with van der Waals surface area (Å²) in [5, 5.41) is 8.33. The maximum Gasteiger partial charge on any atom is 0.242 e. The summed E-state index contributed by atoms with van der Waals surface area (Å²) >= 11 is 0. The van der Waals surface area contributed by atoms with Gasteiger partial charge in [-0.15, -0.1) is 29.9 Å². The molecule has 0 aliphatic rings. The summed E-state index contributed by atoms with van der Waals surface area (Å²) < 4.78 is 7.12. The van der Waals surface area contributed by atoms with Crippen LogP contribution in [-0.2, 0) is 18.3 Å². The number of nitrogens with one attached hydrogen (secondary N) is 1. The fraction of sp³-hybridized carbons (Fsp3) is 0.632. The topological polar surface area (TPSA) is 95.1 Å². The summed E-state index contributed by atoms with van der Waals surface area (Å²) in [6.45, 7) is 6.63. The third-order valence-electron chi connectivity index (χ3n) is 4.87. The summed E-state index contributed by atoms with van der Waals surface area (Å²) in [7, 11) is 3.46. The fourth-order valence-electron chi connectivity index (χ4n) is 3.35. The number of amides is 1. The maximum atomic E-state index is 12.3. The van der Waals surface area contributed by atoms with Gasteiger partial charge in [0.05, 0.1) is 12.5 Å². The van der Waals surface area contributed by atoms with E-state index in [4.69, 9.17) is 10.5 Å². The average molecular weight is 434 g/mol. The normalized spacial score (nSPS) is 11.5. The lowest BCUT2D eigenvalue weighted by atomic mass is 10.00. The average Bonchev–Trinajstić information content (AvgIpc) is 2.94. The summed E-state index contributed by atoms with van der Waals surface area (Å²) in [6, 6.07) is 0.0590. The third-order valence-corrected chi connectivity index (χ3v) is 4.87. The van der Waals surface area contributed by atoms with Crippen molar-refractivity contribution in [2.75, 3.05) is 13.7 Å². The molecule has 0 aromatic carbocycles. The van der Waals surface area contributed by atoms with Gasteiger partial charge in [-0.1, -0.05) is 19.8 Å². The largest absolute Gasteiger partial charge is 0.479 e. The Labute approximate surface area is 179 Å². The van der Waals surface area contributed by atoms with Gasteiger partial charge in [0.15, 0.2) is 5.65 Å². The van der Waals surface area contributed by atoms with Crippen molar-refractivity contribution in [1.82, 2.24) is 20.1 Å². The van der Waals surface area contributed by atoms with Crippen LogP contribution < -0.4 is 15.8 Å². The lowest BCUT2D eigenvalue weighted by molar-refractivity contribution is -0.121. The van der Waals surface area contributed by atoms with Gasteiger partial charge < -0.3 is 15.8 Å². The second kappa shape index (κ2) is 12.1. The van der Waals surface area contributed by atoms with E-state index in [1.54, 1.807) is 11.8 Å². The number of nitrogens with zero attached hydrogens (tertiary/aromatic N) is 3. The predicted molar refractivity (Wildman–Crippen MR) is 118 cm³/mol. The van der Waals surface area contributed by atoms with E-state index in [0.717, 1.165) is 47.1 Å². The molecule has 2 aromatic heterocycles. The first-order chi connectivity index (χ1) is 12.4. The number of methoxy groups -OCH3 is 1. The molecular weight excluding hydrogens is 401 g/mol. The van der Waals surface area contributed by atoms with Crippen LogP contribution in [0.3, 0.4) is 0 Å². The molecule has 1 unspecified atom stereocenters. The summed E-state index contributed by atoms with van der Waals surface area (Å²) in [4.78, 5) is 17.0. The van der Waals surface area contributed by atoms with Crippen LogP contribution in [0.5, 0.6) is 5.88 Å². The standard InChI is InChI=1S/C19H31N5O2.2ClH/c1-6-7-8-14(11-20)22-16(25)10-9-15-12(2)17-18(21-13(15)3)24(4)23-19(17)26-5;;/h14H,6-11,20H2,1-5H3,(H,22,25);2*1H. The molecule has 0 aliphatic carbocycles. The molecular formula is C19H33Cl2N5O2. The van der Waals surface area contributed by atoms with Crippen LogP contribution in [0, 0.1) is 13.8 Å². The molecule has 0 saturated carbocycles. The molecule has 28 heavy (non-hydrogen) atoms. The number of rotatable bonds is 9. The first kappa shape index (κ1) is 26.4. The van der Waals surface area contributed by atoms with E-state index in [1.165, 1.54) is 0 Å². The molecule has 1 atom stereocenters. The van der Waals surface area contributed by atoms with Crippen LogP contribution in [0.1, 0.15) is 49.4 Å². The molecule has 0 bridgehead atoms. The second-order valence-corrected chi connectivity index (χ2v) is 6.77. The van der Waals surface area contributed by atoms with Gasteiger partial charge in [-0.05, 0) is 37.8 Å². The van der Waals surface area contributed by atoms with Gasteiger partial charge in [0, 0.05) is 31.7 Å². The monoisotopic (exact) mass is 433 g/mol. The van der Waals surface area contributed by atoms with Gasteiger partial charge in [-0.25, -0.2) is 9.67 Å². The highest BCUT2D eigenvalue weighted by Crippen LogP contribution is 2.30. The number of aryl methyl sites for hydroxylation is 3. The number of hydrogen-bond acceptors (Lipinski definition) is 5. The lowest BCUT2D eigenvalue weighted by Gasteiger charge is -2.17. The Morgan fingerprint density at radius 3 is 2.57 bits per heavy atom. The molecule has 7 nitrogen and oxygen atoms in total. The smallest absolute Gasteiger partial charge is 0.242 e. The molecule has 1 amide bonds. The lowest BCUT2D eigenvalue weighted by Crippen LogP contribution is -2.40. The van der Waals surface area contributed by atoms with Gasteiger partial charge in [0.2, 0.25) is 11.8 Å². The van der Waals surface area contributed by atoms with E-state index in [-0.39, 0.29) is 36.8 Å². The van der Waals surface area contributed by atoms with Crippen LogP contribution in [0.15, 0.2) is 0 Å². The van der Waals surface area contributed by atoms with Crippen LogP contribution in [0.4, 0.5) is 0 Å². The number of fused-ring (bicyclic) bond motifs is 1. The molecule has 2 heterocycles. The zero-order chi connectivity index (χ0) is 19.3. The number of carbonyl (C=O) groups excluding carboxylic acids is 1. The SMILES string of the molecule is CCCCC(CN)NC(=O)CCc1c(C)nc2c(c(OC)nn2C)c1C.Cl.Cl. The van der Waals surface area contributed by atoms with E-state index < -0.39 is 0 Å². The molecule has 160 valence electrons. The van der Waals surface area contributed by atoms with Gasteiger partial charge in [-0.3, -0.25) is 4.79 Å². The van der Waals surface area contributed by atoms with Crippen LogP contribution in [-0.4, -0.2) is 40.4 Å². The van der Waals surface area contributed by atoms with Crippen molar-refractivity contribution in [2.24, 2.45) is 12.8 Å². The van der Waals surface area contributed by atoms with E-state index in [0.29, 0.717) is 25.3 Å². The van der Waals surface area contributed by atoms with Crippen LogP contribution in [0.25, 0.3) is 11.0 Å². The number of halogens is 2. The van der Waals surface area contributed by atoms with E-state index in [9.17, 15) is 4.79 Å². The zero-order valence-corrected chi connectivity index (χ0v) is 19.0. The highest BCUT2D eigenvalue weighted by molar-refractivity contribution is 5.86. The number of aromatic nitrogens is 3. The Balaban J connectivity index is 0.00000364. The summed E-state index contributed by atoms with van der Waals surface area (Å²) in [6.07, 6.45) is 4.15. The number of ether oxygens (including phenoxy) is 1. The van der Waals surface area contributed by atoms with Crippen molar-refractivity contribution in [3.05, 3.63) is 16.8 Å². The first-order valence-corrected chi connectivity index (χ1v) is 9.29. The molecule has 0 fully saturated rings. The Bertz CT molecular complexity index is 780. The van der Waals surface area contributed by atoms with Gasteiger partial charge in [-0.2, -0.15) is 0 Å². The number of carbonyl (C=O) groups is 1. The number of unbranched alkanes of at least 4 members (excludes halogenated alkanes) is 1. The highest BCUT2D eigenvalue weighted by Gasteiger charge is 2.19. The number of hydrogen-bond donors (Lipinski definition) is 2. The minimum atomic E-state index is 0. The van der Waals surface area contributed by atoms with E-state index in [2.05, 4.69) is 22.3 Å². The van der Waals surface area contributed by atoms with Crippen LogP contribution >= 0.6 is 24.8 Å². The molecule has 0 saturated heterocycles. The maximum absolute atomic E-state index is 12.3. The fourth-order valence-corrected chi connectivity index (χ4v) is 3.35. The Hall–Kier alpha value is -1.57. The molecule has 0 radical (unpaired) electrons. The Kier molecular flexibility index (Phi) is 11.4. The highest BCUT2D eigenvalue weighted by atomic mass is 35.5. The first-order valence-electron chi connectivity index (χ1n) is 9.29. The number of pyridine rings is 1. The number of nitrogens with two attached hydrogens (primary N) is 1. The van der Waals surface area contributed by atoms with Crippen molar-refractivity contribution < 1.29 is 9.53 Å². The quantitative estimate of drug-likeness (QED) is 0.633. The van der Waals surface area contributed by atoms with Crippen LogP contribution in [0.2, 0.25) is 0 Å². The summed E-state index contributed by atoms with van der Waals surface area (Å²) in [5.74, 6) is 0.606. The molecule has 2 aromatic rings. The predicted octanol–water partition coefficient (Wildman–Crippen LogP) is 3.00. The van der Waals surface area contributed by atoms with E-state index >= 15 is 0 Å². The second-order valence-electron chi connectivity index (χ2n) is 6.77. The minimum Gasteiger partial charge on any atom is -0.479 e. The van der Waals surface area contributed by atoms with Crippen molar-refractivity contribution in [3.63, 3.8) is 0 Å². The van der Waals surface area contributed by atoms with Gasteiger partial charge in [0.25, 0.3) is 0 Å². The van der Waals surface area contributed by atoms with E-state index in [1.807, 2.05) is 20.9 Å². The van der Waals surface area contributed by atoms with Crippen molar-refractivity contribution in [1.29, 1.82) is 0 Å². The minimum absolute atomic E-state index is 0. The van der Waals surface area contributed by atoms with Crippen molar-refractivity contribution >= 4 is 41.8 Å². The summed E-state index contributed by atoms with van der Waals surface area (Å²) in [5.41, 5.74) is 9.65. The van der Waals surface area contributed by atoms with Crippen molar-refractivity contribution in [2.45, 2.75) is 58.9 Å². The Morgan fingerprint density at radius 2 is 2.00 bits per heavy atom.